The molecule has 0 aromatic rings. The van der Waals surface area contributed by atoms with Crippen molar-refractivity contribution in [3.8, 4) is 12.3 Å². The molecule has 1 rings (SSSR count). The Balaban J connectivity index is 2.47. The molecule has 0 heterocycles. The molecule has 0 saturated heterocycles. The molecule has 0 aromatic heterocycles. The van der Waals surface area contributed by atoms with Gasteiger partial charge in [0.1, 0.15) is 0 Å². The highest BCUT2D eigenvalue weighted by Gasteiger charge is 2.29. The lowest BCUT2D eigenvalue weighted by Crippen LogP contribution is -2.34. The van der Waals surface area contributed by atoms with E-state index in [4.69, 9.17) is 6.42 Å². The van der Waals surface area contributed by atoms with Crippen LogP contribution in [0.25, 0.3) is 0 Å². The highest BCUT2D eigenvalue weighted by atomic mass is 14.9. The Morgan fingerprint density at radius 2 is 2.33 bits per heavy atom. The average molecular weight is 165 g/mol. The van der Waals surface area contributed by atoms with Crippen molar-refractivity contribution in [1.82, 2.24) is 5.32 Å². The monoisotopic (exact) mass is 165 g/mol. The summed E-state index contributed by atoms with van der Waals surface area (Å²) in [6.45, 7) is 2.35. The van der Waals surface area contributed by atoms with Crippen LogP contribution in [0.4, 0.5) is 0 Å². The van der Waals surface area contributed by atoms with Gasteiger partial charge in [0, 0.05) is 12.5 Å². The van der Waals surface area contributed by atoms with Crippen LogP contribution in [-0.2, 0) is 0 Å². The fourth-order valence-electron chi connectivity index (χ4n) is 2.37. The summed E-state index contributed by atoms with van der Waals surface area (Å²) in [6.07, 6.45) is 10.3. The predicted molar refractivity (Wildman–Crippen MR) is 52.8 cm³/mol. The van der Waals surface area contributed by atoms with Gasteiger partial charge in [-0.15, -0.1) is 12.3 Å². The van der Waals surface area contributed by atoms with Crippen molar-refractivity contribution in [3.05, 3.63) is 0 Å². The van der Waals surface area contributed by atoms with Gasteiger partial charge in [-0.1, -0.05) is 19.8 Å². The van der Waals surface area contributed by atoms with Crippen molar-refractivity contribution in [2.45, 2.75) is 38.6 Å². The Kier molecular flexibility index (Phi) is 3.62. The van der Waals surface area contributed by atoms with Gasteiger partial charge in [0.25, 0.3) is 0 Å². The van der Waals surface area contributed by atoms with Crippen molar-refractivity contribution < 1.29 is 0 Å². The molecule has 0 amide bonds. The van der Waals surface area contributed by atoms with Crippen LogP contribution in [-0.4, -0.2) is 13.1 Å². The van der Waals surface area contributed by atoms with Gasteiger partial charge in [0.2, 0.25) is 0 Å². The van der Waals surface area contributed by atoms with Crippen molar-refractivity contribution in [2.24, 2.45) is 11.8 Å². The van der Waals surface area contributed by atoms with E-state index < -0.39 is 0 Å². The maximum absolute atomic E-state index is 5.33. The topological polar surface area (TPSA) is 12.0 Å². The number of hydrogen-bond donors (Lipinski definition) is 1. The van der Waals surface area contributed by atoms with Crippen LogP contribution in [0.2, 0.25) is 0 Å². The van der Waals surface area contributed by atoms with Crippen LogP contribution >= 0.6 is 0 Å². The van der Waals surface area contributed by atoms with Crippen molar-refractivity contribution in [2.75, 3.05) is 7.05 Å². The van der Waals surface area contributed by atoms with Crippen molar-refractivity contribution in [3.63, 3.8) is 0 Å². The Bertz CT molecular complexity index is 168. The number of terminal acetylenes is 1. The van der Waals surface area contributed by atoms with Gasteiger partial charge >= 0.3 is 0 Å². The van der Waals surface area contributed by atoms with Gasteiger partial charge in [-0.05, 0) is 25.3 Å². The second-order valence-electron chi connectivity index (χ2n) is 3.88. The molecule has 1 aliphatic carbocycles. The predicted octanol–water partition coefficient (Wildman–Crippen LogP) is 2.03. The minimum atomic E-state index is 0.549. The van der Waals surface area contributed by atoms with E-state index in [1.165, 1.54) is 19.3 Å². The smallest absolute Gasteiger partial charge is 0.0243 e. The second-order valence-corrected chi connectivity index (χ2v) is 3.88. The lowest BCUT2D eigenvalue weighted by atomic mass is 9.89. The molecule has 0 aliphatic heterocycles. The van der Waals surface area contributed by atoms with E-state index in [0.717, 1.165) is 18.3 Å². The molecule has 0 aromatic carbocycles. The highest BCUT2D eigenvalue weighted by Crippen LogP contribution is 2.34. The molecular weight excluding hydrogens is 146 g/mol. The second kappa shape index (κ2) is 4.52. The van der Waals surface area contributed by atoms with E-state index in [-0.39, 0.29) is 0 Å². The zero-order valence-corrected chi connectivity index (χ0v) is 8.14. The third kappa shape index (κ3) is 2.01. The summed E-state index contributed by atoms with van der Waals surface area (Å²) >= 11 is 0. The van der Waals surface area contributed by atoms with Crippen molar-refractivity contribution in [1.29, 1.82) is 0 Å². The van der Waals surface area contributed by atoms with Crippen LogP contribution in [0.1, 0.15) is 32.6 Å². The molecule has 0 spiro atoms. The zero-order valence-electron chi connectivity index (χ0n) is 8.14. The van der Waals surface area contributed by atoms with Crippen molar-refractivity contribution >= 4 is 0 Å². The lowest BCUT2D eigenvalue weighted by Gasteiger charge is -2.24. The SMILES string of the molecule is C#CCC(NC)C1CCCC1C. The summed E-state index contributed by atoms with van der Waals surface area (Å²) in [7, 11) is 2.02. The maximum atomic E-state index is 5.33. The van der Waals surface area contributed by atoms with E-state index >= 15 is 0 Å². The Labute approximate surface area is 75.9 Å². The van der Waals surface area contributed by atoms with Gasteiger partial charge in [0.05, 0.1) is 0 Å². The summed E-state index contributed by atoms with van der Waals surface area (Å²) in [5, 5.41) is 3.33. The van der Waals surface area contributed by atoms with Crippen LogP contribution in [0, 0.1) is 24.2 Å². The van der Waals surface area contributed by atoms with Gasteiger partial charge < -0.3 is 5.32 Å². The summed E-state index contributed by atoms with van der Waals surface area (Å²) in [6, 6.07) is 0.549. The standard InChI is InChI=1S/C11H19N/c1-4-6-11(12-3)10-8-5-7-9(10)2/h1,9-12H,5-8H2,2-3H3. The van der Waals surface area contributed by atoms with Gasteiger partial charge in [-0.25, -0.2) is 0 Å². The molecule has 1 heteroatoms. The molecular formula is C11H19N. The molecule has 1 N–H and O–H groups in total. The Morgan fingerprint density at radius 3 is 2.75 bits per heavy atom. The van der Waals surface area contributed by atoms with Crippen LogP contribution in [0.3, 0.4) is 0 Å². The fourth-order valence-corrected chi connectivity index (χ4v) is 2.37. The quantitative estimate of drug-likeness (QED) is 0.631. The van der Waals surface area contributed by atoms with E-state index in [1.54, 1.807) is 0 Å². The summed E-state index contributed by atoms with van der Waals surface area (Å²) in [4.78, 5) is 0. The molecule has 0 bridgehead atoms. The van der Waals surface area contributed by atoms with Crippen LogP contribution in [0.15, 0.2) is 0 Å². The molecule has 12 heavy (non-hydrogen) atoms. The lowest BCUT2D eigenvalue weighted by molar-refractivity contribution is 0.314. The summed E-state index contributed by atoms with van der Waals surface area (Å²) in [5.74, 6) is 4.42. The fraction of sp³-hybridized carbons (Fsp3) is 0.818. The third-order valence-electron chi connectivity index (χ3n) is 3.15. The minimum absolute atomic E-state index is 0.549. The van der Waals surface area contributed by atoms with Gasteiger partial charge in [-0.2, -0.15) is 0 Å². The first-order valence-corrected chi connectivity index (χ1v) is 4.90. The van der Waals surface area contributed by atoms with Crippen LogP contribution < -0.4 is 5.32 Å². The normalized spacial score (nSPS) is 31.4. The Morgan fingerprint density at radius 1 is 1.58 bits per heavy atom. The van der Waals surface area contributed by atoms with E-state index in [9.17, 15) is 0 Å². The number of nitrogens with one attached hydrogen (secondary N) is 1. The molecule has 1 fully saturated rings. The third-order valence-corrected chi connectivity index (χ3v) is 3.15. The summed E-state index contributed by atoms with van der Waals surface area (Å²) < 4.78 is 0. The average Bonchev–Trinajstić information content (AvgIpc) is 2.47. The van der Waals surface area contributed by atoms with Gasteiger partial charge in [0.15, 0.2) is 0 Å². The largest absolute Gasteiger partial charge is 0.316 e. The van der Waals surface area contributed by atoms with Crippen LogP contribution in [0.5, 0.6) is 0 Å². The molecule has 1 nitrogen and oxygen atoms in total. The molecule has 3 unspecified atom stereocenters. The number of rotatable bonds is 3. The molecule has 68 valence electrons. The zero-order chi connectivity index (χ0) is 8.97. The first kappa shape index (κ1) is 9.61. The van der Waals surface area contributed by atoms with E-state index in [2.05, 4.69) is 18.2 Å². The minimum Gasteiger partial charge on any atom is -0.316 e. The molecule has 0 radical (unpaired) electrons. The highest BCUT2D eigenvalue weighted by molar-refractivity contribution is 4.94. The number of hydrogen-bond acceptors (Lipinski definition) is 1. The molecule has 1 saturated carbocycles. The molecule has 1 aliphatic rings. The Hall–Kier alpha value is -0.480. The van der Waals surface area contributed by atoms with Gasteiger partial charge in [-0.3, -0.25) is 0 Å². The summed E-state index contributed by atoms with van der Waals surface area (Å²) in [5.41, 5.74) is 0. The molecule has 3 atom stereocenters. The first-order chi connectivity index (χ1) is 5.79. The van der Waals surface area contributed by atoms with E-state index in [1.807, 2.05) is 7.05 Å². The van der Waals surface area contributed by atoms with E-state index in [0.29, 0.717) is 6.04 Å². The first-order valence-electron chi connectivity index (χ1n) is 4.90. The maximum Gasteiger partial charge on any atom is 0.0243 e.